The molecule has 0 saturated heterocycles. The van der Waals surface area contributed by atoms with Gasteiger partial charge in [0.15, 0.2) is 4.77 Å². The van der Waals surface area contributed by atoms with E-state index in [0.29, 0.717) is 4.77 Å². The highest BCUT2D eigenvalue weighted by Gasteiger charge is 2.15. The summed E-state index contributed by atoms with van der Waals surface area (Å²) in [7, 11) is 0. The van der Waals surface area contributed by atoms with Crippen molar-refractivity contribution in [1.82, 2.24) is 9.55 Å². The van der Waals surface area contributed by atoms with Gasteiger partial charge in [-0.1, -0.05) is 11.6 Å². The standard InChI is InChI=1S/C13H10ClFN2S2/c1-7(8-2-3-19-6-8)17-12-5-10(15)9(14)4-11(12)16-13(17)18/h2-7H,1H3,(H,16,18). The van der Waals surface area contributed by atoms with Crippen molar-refractivity contribution in [2.24, 2.45) is 0 Å². The maximum Gasteiger partial charge on any atom is 0.178 e. The molecule has 0 amide bonds. The molecule has 6 heteroatoms. The summed E-state index contributed by atoms with van der Waals surface area (Å²) in [6, 6.07) is 5.08. The molecule has 0 aliphatic rings. The molecule has 0 spiro atoms. The Bertz CT molecular complexity index is 789. The first kappa shape index (κ1) is 12.8. The van der Waals surface area contributed by atoms with Gasteiger partial charge in [-0.2, -0.15) is 11.3 Å². The second kappa shape index (κ2) is 4.74. The van der Waals surface area contributed by atoms with Crippen molar-refractivity contribution in [2.75, 3.05) is 0 Å². The summed E-state index contributed by atoms with van der Waals surface area (Å²) in [5, 5.41) is 4.18. The highest BCUT2D eigenvalue weighted by Crippen LogP contribution is 2.28. The van der Waals surface area contributed by atoms with Crippen LogP contribution in [0.25, 0.3) is 11.0 Å². The summed E-state index contributed by atoms with van der Waals surface area (Å²) < 4.78 is 16.1. The van der Waals surface area contributed by atoms with Gasteiger partial charge >= 0.3 is 0 Å². The summed E-state index contributed by atoms with van der Waals surface area (Å²) in [5.74, 6) is -0.436. The molecule has 2 heterocycles. The molecule has 1 atom stereocenters. The Morgan fingerprint density at radius 2 is 2.26 bits per heavy atom. The highest BCUT2D eigenvalue weighted by molar-refractivity contribution is 7.71. The fraction of sp³-hybridized carbons (Fsp3) is 0.154. The van der Waals surface area contributed by atoms with E-state index in [1.807, 2.05) is 22.9 Å². The molecule has 0 fully saturated rings. The molecule has 3 rings (SSSR count). The van der Waals surface area contributed by atoms with Gasteiger partial charge in [0.1, 0.15) is 5.82 Å². The number of benzene rings is 1. The van der Waals surface area contributed by atoms with Gasteiger partial charge < -0.3 is 9.55 Å². The van der Waals surface area contributed by atoms with Crippen molar-refractivity contribution in [3.8, 4) is 0 Å². The number of nitrogens with one attached hydrogen (secondary N) is 1. The summed E-state index contributed by atoms with van der Waals surface area (Å²) in [5.41, 5.74) is 2.63. The number of nitrogens with zero attached hydrogens (tertiary/aromatic N) is 1. The van der Waals surface area contributed by atoms with Crippen molar-refractivity contribution in [3.63, 3.8) is 0 Å². The van der Waals surface area contributed by atoms with Crippen molar-refractivity contribution in [3.05, 3.63) is 50.1 Å². The second-order valence-electron chi connectivity index (χ2n) is 4.32. The zero-order chi connectivity index (χ0) is 13.6. The summed E-state index contributed by atoms with van der Waals surface area (Å²) in [6.45, 7) is 2.04. The molecule has 0 aliphatic carbocycles. The molecule has 2 nitrogen and oxygen atoms in total. The number of H-pyrrole nitrogens is 1. The highest BCUT2D eigenvalue weighted by atomic mass is 35.5. The maximum absolute atomic E-state index is 13.7. The van der Waals surface area contributed by atoms with E-state index in [0.717, 1.165) is 16.6 Å². The van der Waals surface area contributed by atoms with Crippen LogP contribution in [0.2, 0.25) is 5.02 Å². The molecule has 1 unspecified atom stereocenters. The average Bonchev–Trinajstić information content (AvgIpc) is 2.97. The van der Waals surface area contributed by atoms with E-state index in [1.54, 1.807) is 17.4 Å². The van der Waals surface area contributed by atoms with Gasteiger partial charge in [0, 0.05) is 6.07 Å². The number of aromatic amines is 1. The largest absolute Gasteiger partial charge is 0.331 e. The van der Waals surface area contributed by atoms with E-state index in [9.17, 15) is 4.39 Å². The lowest BCUT2D eigenvalue weighted by molar-refractivity contribution is 0.623. The van der Waals surface area contributed by atoms with Crippen molar-refractivity contribution >= 4 is 46.2 Å². The van der Waals surface area contributed by atoms with Crippen molar-refractivity contribution in [2.45, 2.75) is 13.0 Å². The SMILES string of the molecule is CC(c1ccsc1)n1c(=S)[nH]c2cc(Cl)c(F)cc21. The molecule has 2 aromatic heterocycles. The predicted molar refractivity (Wildman–Crippen MR) is 80.2 cm³/mol. The van der Waals surface area contributed by atoms with Crippen LogP contribution in [0.3, 0.4) is 0 Å². The Balaban J connectivity index is 2.26. The van der Waals surface area contributed by atoms with Gasteiger partial charge in [-0.15, -0.1) is 0 Å². The van der Waals surface area contributed by atoms with Crippen LogP contribution in [0.5, 0.6) is 0 Å². The third kappa shape index (κ3) is 2.12. The maximum atomic E-state index is 13.7. The Kier molecular flexibility index (Phi) is 3.20. The third-order valence-electron chi connectivity index (χ3n) is 3.17. The Morgan fingerprint density at radius 1 is 1.47 bits per heavy atom. The molecule has 1 N–H and O–H groups in total. The molecule has 0 aliphatic heterocycles. The van der Waals surface area contributed by atoms with E-state index in [2.05, 4.69) is 10.4 Å². The monoisotopic (exact) mass is 312 g/mol. The molecule has 0 saturated carbocycles. The van der Waals surface area contributed by atoms with Gasteiger partial charge in [0.2, 0.25) is 0 Å². The molecule has 19 heavy (non-hydrogen) atoms. The molecule has 0 radical (unpaired) electrons. The molecule has 3 aromatic rings. The molecular weight excluding hydrogens is 303 g/mol. The molecular formula is C13H10ClFN2S2. The lowest BCUT2D eigenvalue weighted by Crippen LogP contribution is -2.05. The Hall–Kier alpha value is -1.17. The van der Waals surface area contributed by atoms with E-state index >= 15 is 0 Å². The lowest BCUT2D eigenvalue weighted by atomic mass is 10.2. The van der Waals surface area contributed by atoms with Crippen LogP contribution in [0.4, 0.5) is 4.39 Å². The first-order valence-electron chi connectivity index (χ1n) is 5.69. The summed E-state index contributed by atoms with van der Waals surface area (Å²) >= 11 is 12.8. The minimum atomic E-state index is -0.436. The quantitative estimate of drug-likeness (QED) is 0.648. The van der Waals surface area contributed by atoms with Crippen LogP contribution in [-0.2, 0) is 0 Å². The van der Waals surface area contributed by atoms with Crippen LogP contribution < -0.4 is 0 Å². The van der Waals surface area contributed by atoms with Crippen LogP contribution >= 0.6 is 35.2 Å². The van der Waals surface area contributed by atoms with E-state index < -0.39 is 5.82 Å². The van der Waals surface area contributed by atoms with E-state index in [1.165, 1.54) is 6.07 Å². The normalized spacial score (nSPS) is 13.0. The molecule has 0 bridgehead atoms. The number of rotatable bonds is 2. The van der Waals surface area contributed by atoms with Crippen molar-refractivity contribution < 1.29 is 4.39 Å². The number of fused-ring (bicyclic) bond motifs is 1. The van der Waals surface area contributed by atoms with E-state index in [4.69, 9.17) is 23.8 Å². The number of halogens is 2. The van der Waals surface area contributed by atoms with Crippen LogP contribution in [-0.4, -0.2) is 9.55 Å². The second-order valence-corrected chi connectivity index (χ2v) is 5.89. The molecule has 98 valence electrons. The third-order valence-corrected chi connectivity index (χ3v) is 4.46. The fourth-order valence-electron chi connectivity index (χ4n) is 2.17. The number of imidazole rings is 1. The zero-order valence-electron chi connectivity index (χ0n) is 9.98. The number of aromatic nitrogens is 2. The number of hydrogen-bond donors (Lipinski definition) is 1. The number of thiophene rings is 1. The minimum absolute atomic E-state index is 0.0491. The Morgan fingerprint density at radius 3 is 2.95 bits per heavy atom. The van der Waals surface area contributed by atoms with Gasteiger partial charge in [-0.05, 0) is 47.6 Å². The molecule has 1 aromatic carbocycles. The first-order chi connectivity index (χ1) is 9.08. The average molecular weight is 313 g/mol. The van der Waals surface area contributed by atoms with Gasteiger partial charge in [-0.3, -0.25) is 0 Å². The van der Waals surface area contributed by atoms with Gasteiger partial charge in [0.05, 0.1) is 22.1 Å². The summed E-state index contributed by atoms with van der Waals surface area (Å²) in [4.78, 5) is 3.07. The van der Waals surface area contributed by atoms with Gasteiger partial charge in [-0.25, -0.2) is 4.39 Å². The van der Waals surface area contributed by atoms with Crippen LogP contribution in [0.1, 0.15) is 18.5 Å². The van der Waals surface area contributed by atoms with Crippen LogP contribution in [0, 0.1) is 10.6 Å². The number of hydrogen-bond acceptors (Lipinski definition) is 2. The van der Waals surface area contributed by atoms with E-state index in [-0.39, 0.29) is 11.1 Å². The predicted octanol–water partition coefficient (Wildman–Crippen LogP) is 5.16. The smallest absolute Gasteiger partial charge is 0.178 e. The fourth-order valence-corrected chi connectivity index (χ4v) is 3.44. The Labute approximate surface area is 123 Å². The minimum Gasteiger partial charge on any atom is -0.331 e. The topological polar surface area (TPSA) is 20.7 Å². The lowest BCUT2D eigenvalue weighted by Gasteiger charge is -2.13. The summed E-state index contributed by atoms with van der Waals surface area (Å²) in [6.07, 6.45) is 0. The van der Waals surface area contributed by atoms with Crippen molar-refractivity contribution in [1.29, 1.82) is 0 Å². The zero-order valence-corrected chi connectivity index (χ0v) is 12.4. The first-order valence-corrected chi connectivity index (χ1v) is 7.42. The van der Waals surface area contributed by atoms with Crippen LogP contribution in [0.15, 0.2) is 29.0 Å². The van der Waals surface area contributed by atoms with Gasteiger partial charge in [0.25, 0.3) is 0 Å².